The predicted molar refractivity (Wildman–Crippen MR) is 66.2 cm³/mol. The molecule has 1 aliphatic carbocycles. The Morgan fingerprint density at radius 1 is 1.47 bits per heavy atom. The van der Waals surface area contributed by atoms with Gasteiger partial charge in [-0.1, -0.05) is 11.6 Å². The number of halogens is 1. The first kappa shape index (κ1) is 10.7. The molecule has 2 aromatic rings. The lowest BCUT2D eigenvalue weighted by molar-refractivity contribution is 0.685. The van der Waals surface area contributed by atoms with Gasteiger partial charge in [-0.25, -0.2) is 9.67 Å². The fourth-order valence-corrected chi connectivity index (χ4v) is 1.81. The van der Waals surface area contributed by atoms with Crippen molar-refractivity contribution in [1.29, 1.82) is 0 Å². The molecular formula is C12H13ClN4. The number of rotatable bonds is 4. The summed E-state index contributed by atoms with van der Waals surface area (Å²) in [5, 5.41) is 8.23. The SMILES string of the molecule is Clc1cnn(-c2cc(CNC3CC3)ccn2)c1. The van der Waals surface area contributed by atoms with Crippen molar-refractivity contribution in [2.75, 3.05) is 0 Å². The van der Waals surface area contributed by atoms with E-state index in [-0.39, 0.29) is 0 Å². The van der Waals surface area contributed by atoms with Crippen molar-refractivity contribution < 1.29 is 0 Å². The molecule has 0 unspecified atom stereocenters. The molecule has 2 aromatic heterocycles. The first-order chi connectivity index (χ1) is 8.31. The van der Waals surface area contributed by atoms with Crippen LogP contribution in [0.25, 0.3) is 5.82 Å². The van der Waals surface area contributed by atoms with Crippen LogP contribution in [0.2, 0.25) is 5.02 Å². The lowest BCUT2D eigenvalue weighted by Crippen LogP contribution is -2.15. The van der Waals surface area contributed by atoms with E-state index < -0.39 is 0 Å². The highest BCUT2D eigenvalue weighted by atomic mass is 35.5. The minimum atomic E-state index is 0.619. The Labute approximate surface area is 105 Å². The van der Waals surface area contributed by atoms with E-state index >= 15 is 0 Å². The van der Waals surface area contributed by atoms with Crippen LogP contribution in [0.15, 0.2) is 30.7 Å². The highest BCUT2D eigenvalue weighted by Crippen LogP contribution is 2.19. The van der Waals surface area contributed by atoms with Crippen LogP contribution in [-0.4, -0.2) is 20.8 Å². The molecule has 0 aliphatic heterocycles. The van der Waals surface area contributed by atoms with Gasteiger partial charge in [0.05, 0.1) is 17.4 Å². The third kappa shape index (κ3) is 2.65. The van der Waals surface area contributed by atoms with E-state index in [0.29, 0.717) is 11.1 Å². The van der Waals surface area contributed by atoms with Gasteiger partial charge in [-0.15, -0.1) is 0 Å². The standard InChI is InChI=1S/C12H13ClN4/c13-10-7-16-17(8-10)12-5-9(3-4-14-12)6-15-11-1-2-11/h3-5,7-8,11,15H,1-2,6H2. The Kier molecular flexibility index (Phi) is 2.82. The summed E-state index contributed by atoms with van der Waals surface area (Å²) in [6.45, 7) is 0.884. The van der Waals surface area contributed by atoms with Gasteiger partial charge >= 0.3 is 0 Å². The van der Waals surface area contributed by atoms with Crippen LogP contribution in [0.3, 0.4) is 0 Å². The fourth-order valence-electron chi connectivity index (χ4n) is 1.67. The van der Waals surface area contributed by atoms with Gasteiger partial charge in [0.2, 0.25) is 0 Å². The third-order valence-electron chi connectivity index (χ3n) is 2.77. The maximum absolute atomic E-state index is 5.84. The number of hydrogen-bond acceptors (Lipinski definition) is 3. The quantitative estimate of drug-likeness (QED) is 0.902. The minimum Gasteiger partial charge on any atom is -0.310 e. The van der Waals surface area contributed by atoms with Gasteiger partial charge in [0.1, 0.15) is 0 Å². The molecule has 0 aromatic carbocycles. The molecule has 88 valence electrons. The van der Waals surface area contributed by atoms with Crippen LogP contribution in [0, 0.1) is 0 Å². The van der Waals surface area contributed by atoms with Gasteiger partial charge in [0.15, 0.2) is 5.82 Å². The summed E-state index contributed by atoms with van der Waals surface area (Å²) in [5.74, 6) is 0.798. The van der Waals surface area contributed by atoms with Crippen LogP contribution in [-0.2, 0) is 6.54 Å². The molecule has 0 amide bonds. The maximum atomic E-state index is 5.84. The zero-order valence-electron chi connectivity index (χ0n) is 9.31. The Bertz CT molecular complexity index is 519. The van der Waals surface area contributed by atoms with Gasteiger partial charge in [-0.2, -0.15) is 5.10 Å². The lowest BCUT2D eigenvalue weighted by Gasteiger charge is -2.05. The van der Waals surface area contributed by atoms with Crippen molar-refractivity contribution in [1.82, 2.24) is 20.1 Å². The summed E-state index contributed by atoms with van der Waals surface area (Å²) >= 11 is 5.84. The summed E-state index contributed by atoms with van der Waals surface area (Å²) in [4.78, 5) is 4.28. The molecule has 1 aliphatic rings. The Balaban J connectivity index is 1.77. The lowest BCUT2D eigenvalue weighted by atomic mass is 10.2. The third-order valence-corrected chi connectivity index (χ3v) is 2.96. The molecule has 0 spiro atoms. The summed E-state index contributed by atoms with van der Waals surface area (Å²) in [7, 11) is 0. The molecule has 0 radical (unpaired) electrons. The molecule has 5 heteroatoms. The predicted octanol–water partition coefficient (Wildman–Crippen LogP) is 2.17. The zero-order chi connectivity index (χ0) is 11.7. The Hall–Kier alpha value is -1.39. The van der Waals surface area contributed by atoms with E-state index in [1.807, 2.05) is 12.1 Å². The summed E-state index contributed by atoms with van der Waals surface area (Å²) in [6, 6.07) is 4.76. The first-order valence-electron chi connectivity index (χ1n) is 5.70. The highest BCUT2D eigenvalue weighted by molar-refractivity contribution is 6.30. The number of pyridine rings is 1. The van der Waals surface area contributed by atoms with Crippen molar-refractivity contribution >= 4 is 11.6 Å². The van der Waals surface area contributed by atoms with E-state index in [1.165, 1.54) is 18.4 Å². The van der Waals surface area contributed by atoms with Crippen LogP contribution in [0.4, 0.5) is 0 Å². The molecular weight excluding hydrogens is 236 g/mol. The number of aromatic nitrogens is 3. The molecule has 0 atom stereocenters. The monoisotopic (exact) mass is 248 g/mol. The second kappa shape index (κ2) is 4.47. The van der Waals surface area contributed by atoms with Crippen LogP contribution < -0.4 is 5.32 Å². The molecule has 0 bridgehead atoms. The molecule has 0 saturated heterocycles. The van der Waals surface area contributed by atoms with Gasteiger partial charge in [-0.3, -0.25) is 0 Å². The average molecular weight is 249 g/mol. The average Bonchev–Trinajstić information content (AvgIpc) is 3.08. The largest absolute Gasteiger partial charge is 0.310 e. The minimum absolute atomic E-state index is 0.619. The normalized spacial score (nSPS) is 15.1. The van der Waals surface area contributed by atoms with E-state index in [9.17, 15) is 0 Å². The number of hydrogen-bond donors (Lipinski definition) is 1. The number of nitrogens with zero attached hydrogens (tertiary/aromatic N) is 3. The van der Waals surface area contributed by atoms with Crippen molar-refractivity contribution in [2.24, 2.45) is 0 Å². The molecule has 3 rings (SSSR count). The highest BCUT2D eigenvalue weighted by Gasteiger charge is 2.19. The zero-order valence-corrected chi connectivity index (χ0v) is 10.1. The van der Waals surface area contributed by atoms with E-state index in [0.717, 1.165) is 12.4 Å². The van der Waals surface area contributed by atoms with Gasteiger partial charge < -0.3 is 5.32 Å². The molecule has 1 fully saturated rings. The van der Waals surface area contributed by atoms with Crippen LogP contribution >= 0.6 is 11.6 Å². The van der Waals surface area contributed by atoms with Gasteiger partial charge in [-0.05, 0) is 30.5 Å². The molecule has 1 N–H and O–H groups in total. The van der Waals surface area contributed by atoms with Crippen molar-refractivity contribution in [2.45, 2.75) is 25.4 Å². The smallest absolute Gasteiger partial charge is 0.153 e. The van der Waals surface area contributed by atoms with Crippen molar-refractivity contribution in [3.8, 4) is 5.82 Å². The van der Waals surface area contributed by atoms with Crippen LogP contribution in [0.5, 0.6) is 0 Å². The van der Waals surface area contributed by atoms with E-state index in [2.05, 4.69) is 15.4 Å². The molecule has 17 heavy (non-hydrogen) atoms. The topological polar surface area (TPSA) is 42.7 Å². The Morgan fingerprint density at radius 3 is 3.06 bits per heavy atom. The Morgan fingerprint density at radius 2 is 2.35 bits per heavy atom. The van der Waals surface area contributed by atoms with Gasteiger partial charge in [0.25, 0.3) is 0 Å². The van der Waals surface area contributed by atoms with Gasteiger partial charge in [0, 0.05) is 18.8 Å². The van der Waals surface area contributed by atoms with E-state index in [4.69, 9.17) is 11.6 Å². The fraction of sp³-hybridized carbons (Fsp3) is 0.333. The molecule has 1 saturated carbocycles. The van der Waals surface area contributed by atoms with Crippen LogP contribution in [0.1, 0.15) is 18.4 Å². The van der Waals surface area contributed by atoms with E-state index in [1.54, 1.807) is 23.3 Å². The second-order valence-electron chi connectivity index (χ2n) is 4.28. The summed E-state index contributed by atoms with van der Waals surface area (Å²) < 4.78 is 1.68. The molecule has 2 heterocycles. The number of nitrogens with one attached hydrogen (secondary N) is 1. The molecule has 4 nitrogen and oxygen atoms in total. The van der Waals surface area contributed by atoms with Crippen molar-refractivity contribution in [3.05, 3.63) is 41.3 Å². The summed E-state index contributed by atoms with van der Waals surface area (Å²) in [5.41, 5.74) is 1.22. The van der Waals surface area contributed by atoms with Crippen molar-refractivity contribution in [3.63, 3.8) is 0 Å². The second-order valence-corrected chi connectivity index (χ2v) is 4.72. The maximum Gasteiger partial charge on any atom is 0.153 e. The summed E-state index contributed by atoms with van der Waals surface area (Å²) in [6.07, 6.45) is 7.76. The first-order valence-corrected chi connectivity index (χ1v) is 6.08.